The summed E-state index contributed by atoms with van der Waals surface area (Å²) in [6.45, 7) is 7.31. The van der Waals surface area contributed by atoms with Crippen molar-refractivity contribution in [1.29, 1.82) is 0 Å². The van der Waals surface area contributed by atoms with E-state index in [2.05, 4.69) is 14.8 Å². The molecule has 3 aromatic rings. The van der Waals surface area contributed by atoms with Crippen LogP contribution in [0.25, 0.3) is 22.4 Å². The molecule has 0 spiro atoms. The van der Waals surface area contributed by atoms with Crippen molar-refractivity contribution in [3.8, 4) is 17.2 Å². The van der Waals surface area contributed by atoms with Gasteiger partial charge in [0.05, 0.1) is 36.8 Å². The first-order chi connectivity index (χ1) is 15.7. The number of fused-ring (bicyclic) bond motifs is 1. The van der Waals surface area contributed by atoms with Crippen LogP contribution >= 0.6 is 0 Å². The molecule has 0 saturated carbocycles. The van der Waals surface area contributed by atoms with Gasteiger partial charge in [-0.15, -0.1) is 0 Å². The third-order valence-corrected chi connectivity index (χ3v) is 6.45. The van der Waals surface area contributed by atoms with Crippen molar-refractivity contribution in [2.75, 3.05) is 51.4 Å². The zero-order valence-corrected chi connectivity index (χ0v) is 18.5. The number of benzene rings is 1. The molecule has 1 aromatic carbocycles. The van der Waals surface area contributed by atoms with Crippen LogP contribution in [0.15, 0.2) is 39.7 Å². The van der Waals surface area contributed by atoms with Crippen LogP contribution < -0.4 is 15.3 Å². The number of methoxy groups -OCH3 is 1. The van der Waals surface area contributed by atoms with E-state index in [0.717, 1.165) is 62.8 Å². The molecule has 2 saturated heterocycles. The fraction of sp³-hybridized carbons (Fsp3) is 0.458. The molecule has 2 aromatic heterocycles. The summed E-state index contributed by atoms with van der Waals surface area (Å²) in [5.41, 5.74) is 1.79. The van der Waals surface area contributed by atoms with E-state index in [9.17, 15) is 4.79 Å². The van der Waals surface area contributed by atoms with Crippen LogP contribution in [0.2, 0.25) is 0 Å². The average Bonchev–Trinajstić information content (AvgIpc) is 3.34. The van der Waals surface area contributed by atoms with E-state index in [1.54, 1.807) is 19.4 Å². The average molecular weight is 437 g/mol. The molecular weight excluding hydrogens is 408 g/mol. The summed E-state index contributed by atoms with van der Waals surface area (Å²) in [7, 11) is 1.62. The van der Waals surface area contributed by atoms with E-state index < -0.39 is 0 Å². The van der Waals surface area contributed by atoms with E-state index in [1.165, 1.54) is 0 Å². The molecule has 0 bridgehead atoms. The van der Waals surface area contributed by atoms with Crippen molar-refractivity contribution >= 4 is 16.7 Å². The van der Waals surface area contributed by atoms with Crippen molar-refractivity contribution in [1.82, 2.24) is 14.9 Å². The van der Waals surface area contributed by atoms with Gasteiger partial charge in [0, 0.05) is 44.5 Å². The monoisotopic (exact) mass is 436 g/mol. The van der Waals surface area contributed by atoms with Crippen LogP contribution in [0.3, 0.4) is 0 Å². The Labute approximate surface area is 186 Å². The highest BCUT2D eigenvalue weighted by Crippen LogP contribution is 2.32. The fourth-order valence-corrected chi connectivity index (χ4v) is 4.75. The second kappa shape index (κ2) is 8.88. The molecule has 4 heterocycles. The lowest BCUT2D eigenvalue weighted by molar-refractivity contribution is 0.0209. The first-order valence-electron chi connectivity index (χ1n) is 11.2. The zero-order valence-electron chi connectivity index (χ0n) is 18.5. The lowest BCUT2D eigenvalue weighted by Crippen LogP contribution is -2.44. The van der Waals surface area contributed by atoms with Crippen molar-refractivity contribution < 1.29 is 13.9 Å². The summed E-state index contributed by atoms with van der Waals surface area (Å²) in [5.74, 6) is 1.77. The lowest BCUT2D eigenvalue weighted by atomic mass is 10.1. The maximum atomic E-state index is 12.9. The van der Waals surface area contributed by atoms with Crippen LogP contribution in [0, 0.1) is 0 Å². The summed E-state index contributed by atoms with van der Waals surface area (Å²) in [5, 5.41) is 0.510. The van der Waals surface area contributed by atoms with Crippen LogP contribution in [-0.4, -0.2) is 67.4 Å². The predicted molar refractivity (Wildman–Crippen MR) is 122 cm³/mol. The van der Waals surface area contributed by atoms with Gasteiger partial charge in [-0.25, -0.2) is 14.8 Å². The van der Waals surface area contributed by atoms with Gasteiger partial charge in [-0.2, -0.15) is 0 Å². The number of morpholine rings is 1. The Morgan fingerprint density at radius 3 is 2.84 bits per heavy atom. The van der Waals surface area contributed by atoms with Crippen LogP contribution in [-0.2, 0) is 11.2 Å². The molecule has 0 radical (unpaired) electrons. The highest BCUT2D eigenvalue weighted by atomic mass is 16.5. The van der Waals surface area contributed by atoms with Gasteiger partial charge in [0.2, 0.25) is 5.89 Å². The van der Waals surface area contributed by atoms with Crippen molar-refractivity contribution in [3.05, 3.63) is 46.4 Å². The molecule has 0 unspecified atom stereocenters. The number of aromatic nitrogens is 2. The number of pyridine rings is 1. The van der Waals surface area contributed by atoms with Gasteiger partial charge in [0.25, 0.3) is 0 Å². The summed E-state index contributed by atoms with van der Waals surface area (Å²) < 4.78 is 16.7. The topological polar surface area (TPSA) is 80.9 Å². The predicted octanol–water partition coefficient (Wildman–Crippen LogP) is 2.73. The molecule has 8 nitrogen and oxygen atoms in total. The molecular formula is C24H28N4O4. The third kappa shape index (κ3) is 3.84. The molecule has 0 aliphatic carbocycles. The number of aryl methyl sites for hydroxylation is 1. The summed E-state index contributed by atoms with van der Waals surface area (Å²) in [6.07, 6.45) is 3.54. The van der Waals surface area contributed by atoms with Crippen molar-refractivity contribution in [2.24, 2.45) is 0 Å². The van der Waals surface area contributed by atoms with Crippen LogP contribution in [0.4, 0.5) is 5.82 Å². The molecule has 2 fully saturated rings. The molecule has 168 valence electrons. The Kier molecular flexibility index (Phi) is 5.80. The Balaban J connectivity index is 1.52. The third-order valence-electron chi connectivity index (χ3n) is 6.45. The highest BCUT2D eigenvalue weighted by Gasteiger charge is 2.31. The number of nitrogens with zero attached hydrogens (tertiary/aromatic N) is 4. The van der Waals surface area contributed by atoms with Crippen molar-refractivity contribution in [3.63, 3.8) is 0 Å². The van der Waals surface area contributed by atoms with Crippen LogP contribution in [0.1, 0.15) is 18.9 Å². The minimum atomic E-state index is -0.382. The summed E-state index contributed by atoms with van der Waals surface area (Å²) in [6, 6.07) is 7.90. The van der Waals surface area contributed by atoms with E-state index in [4.69, 9.17) is 18.9 Å². The molecule has 8 heteroatoms. The van der Waals surface area contributed by atoms with Gasteiger partial charge in [-0.3, -0.25) is 4.90 Å². The Morgan fingerprint density at radius 1 is 1.22 bits per heavy atom. The van der Waals surface area contributed by atoms with Crippen molar-refractivity contribution in [2.45, 2.75) is 25.8 Å². The van der Waals surface area contributed by atoms with Gasteiger partial charge >= 0.3 is 5.63 Å². The fourth-order valence-electron chi connectivity index (χ4n) is 4.75. The largest absolute Gasteiger partial charge is 0.497 e. The second-order valence-corrected chi connectivity index (χ2v) is 8.25. The minimum absolute atomic E-state index is 0.288. The molecule has 1 atom stereocenters. The number of hydrogen-bond donors (Lipinski definition) is 0. The summed E-state index contributed by atoms with van der Waals surface area (Å²) >= 11 is 0. The number of hydrogen-bond acceptors (Lipinski definition) is 8. The maximum Gasteiger partial charge on any atom is 0.347 e. The van der Waals surface area contributed by atoms with E-state index in [0.29, 0.717) is 29.1 Å². The highest BCUT2D eigenvalue weighted by molar-refractivity contribution is 5.84. The Hall–Kier alpha value is -2.97. The molecule has 0 N–H and O–H groups in total. The van der Waals surface area contributed by atoms with Gasteiger partial charge < -0.3 is 18.8 Å². The summed E-state index contributed by atoms with van der Waals surface area (Å²) in [4.78, 5) is 27.1. The van der Waals surface area contributed by atoms with Gasteiger partial charge in [0.1, 0.15) is 11.6 Å². The van der Waals surface area contributed by atoms with Gasteiger partial charge in [0.15, 0.2) is 0 Å². The molecule has 2 aliphatic rings. The van der Waals surface area contributed by atoms with Gasteiger partial charge in [-0.05, 0) is 36.6 Å². The van der Waals surface area contributed by atoms with E-state index in [1.807, 2.05) is 25.1 Å². The first-order valence-corrected chi connectivity index (χ1v) is 11.2. The van der Waals surface area contributed by atoms with E-state index >= 15 is 0 Å². The number of ether oxygens (including phenoxy) is 2. The van der Waals surface area contributed by atoms with Gasteiger partial charge in [-0.1, -0.05) is 6.92 Å². The standard InChI is InChI=1S/C24H28N4O4/c1-3-16-13-18(30-2)14-20-21(16)24(29)32-23(26-20)19-5-4-7-25-22(19)28-8-6-17(15-28)27-9-11-31-12-10-27/h4-5,7,13-14,17H,3,6,8-12,15H2,1-2H3/t17-/m1/s1. The van der Waals surface area contributed by atoms with E-state index in [-0.39, 0.29) is 11.5 Å². The zero-order chi connectivity index (χ0) is 22.1. The second-order valence-electron chi connectivity index (χ2n) is 8.25. The number of anilines is 1. The minimum Gasteiger partial charge on any atom is -0.497 e. The number of rotatable bonds is 5. The Morgan fingerprint density at radius 2 is 2.06 bits per heavy atom. The molecule has 0 amide bonds. The molecule has 32 heavy (non-hydrogen) atoms. The SMILES string of the molecule is CCc1cc(OC)cc2nc(-c3cccnc3N3CC[C@@H](N4CCOCC4)C3)oc(=O)c12. The lowest BCUT2D eigenvalue weighted by Gasteiger charge is -2.32. The quantitative estimate of drug-likeness (QED) is 0.604. The normalized spacial score (nSPS) is 19.6. The Bertz CT molecular complexity index is 1170. The maximum absolute atomic E-state index is 12.9. The molecule has 2 aliphatic heterocycles. The molecule has 5 rings (SSSR count). The smallest absolute Gasteiger partial charge is 0.347 e. The van der Waals surface area contributed by atoms with Crippen LogP contribution in [0.5, 0.6) is 5.75 Å². The first kappa shape index (κ1) is 20.9.